The molecule has 7 heteroatoms. The van der Waals surface area contributed by atoms with Crippen molar-refractivity contribution in [3.05, 3.63) is 66.4 Å². The number of H-pyrrole nitrogens is 1. The summed E-state index contributed by atoms with van der Waals surface area (Å²) >= 11 is 0. The molecule has 1 aliphatic rings. The van der Waals surface area contributed by atoms with Gasteiger partial charge < -0.3 is 14.4 Å². The molecule has 27 heavy (non-hydrogen) atoms. The highest BCUT2D eigenvalue weighted by Gasteiger charge is 2.35. The van der Waals surface area contributed by atoms with Gasteiger partial charge in [0.1, 0.15) is 0 Å². The monoisotopic (exact) mass is 359 g/mol. The number of carbonyl (C=O) groups excluding carboxylic acids is 1. The molecule has 3 aromatic heterocycles. The van der Waals surface area contributed by atoms with Crippen LogP contribution in [-0.4, -0.2) is 44.0 Å². The number of pyridine rings is 1. The molecule has 1 amide bonds. The molecule has 7 nitrogen and oxygen atoms in total. The average Bonchev–Trinajstić information content (AvgIpc) is 3.29. The van der Waals surface area contributed by atoms with E-state index in [1.807, 2.05) is 47.5 Å². The molecular weight excluding hydrogens is 342 g/mol. The van der Waals surface area contributed by atoms with Gasteiger partial charge in [-0.25, -0.2) is 0 Å². The molecule has 1 aromatic carbocycles. The van der Waals surface area contributed by atoms with Crippen molar-refractivity contribution in [3.63, 3.8) is 0 Å². The molecule has 0 saturated carbocycles. The zero-order chi connectivity index (χ0) is 18.2. The van der Waals surface area contributed by atoms with Crippen molar-refractivity contribution >= 4 is 16.8 Å². The predicted molar refractivity (Wildman–Crippen MR) is 98.9 cm³/mol. The second-order valence-electron chi connectivity index (χ2n) is 6.72. The normalized spacial score (nSPS) is 14.4. The number of fused-ring (bicyclic) bond motifs is 1. The van der Waals surface area contributed by atoms with Crippen LogP contribution < -0.4 is 0 Å². The summed E-state index contributed by atoms with van der Waals surface area (Å²) in [5.74, 6) is 1.35. The number of hydrogen-bond acceptors (Lipinski definition) is 5. The van der Waals surface area contributed by atoms with E-state index in [0.29, 0.717) is 31.2 Å². The first-order valence-electron chi connectivity index (χ1n) is 8.85. The fourth-order valence-corrected chi connectivity index (χ4v) is 3.41. The number of hydrogen-bond donors (Lipinski definition) is 1. The predicted octanol–water partition coefficient (Wildman–Crippen LogP) is 2.78. The first-order valence-corrected chi connectivity index (χ1v) is 8.85. The topological polar surface area (TPSA) is 87.9 Å². The molecule has 1 saturated heterocycles. The number of para-hydroxylation sites is 1. The van der Waals surface area contributed by atoms with E-state index in [2.05, 4.69) is 20.1 Å². The Bertz CT molecular complexity index is 1100. The first kappa shape index (κ1) is 15.7. The Morgan fingerprint density at radius 2 is 2.00 bits per heavy atom. The van der Waals surface area contributed by atoms with Crippen molar-refractivity contribution in [1.29, 1.82) is 0 Å². The number of carbonyl (C=O) groups is 1. The van der Waals surface area contributed by atoms with Crippen LogP contribution in [0.25, 0.3) is 22.3 Å². The van der Waals surface area contributed by atoms with Crippen molar-refractivity contribution in [2.24, 2.45) is 0 Å². The number of aromatic nitrogens is 4. The van der Waals surface area contributed by atoms with Crippen LogP contribution in [0.15, 0.2) is 59.5 Å². The fourth-order valence-electron chi connectivity index (χ4n) is 3.41. The highest BCUT2D eigenvalue weighted by atomic mass is 16.5. The highest BCUT2D eigenvalue weighted by Crippen LogP contribution is 2.28. The molecular formula is C20H17N5O2. The zero-order valence-electron chi connectivity index (χ0n) is 14.5. The van der Waals surface area contributed by atoms with Gasteiger partial charge in [-0.2, -0.15) is 4.98 Å². The van der Waals surface area contributed by atoms with Gasteiger partial charge in [0.25, 0.3) is 0 Å². The number of rotatable bonds is 4. The van der Waals surface area contributed by atoms with Gasteiger partial charge in [-0.3, -0.25) is 9.78 Å². The maximum atomic E-state index is 12.6. The van der Waals surface area contributed by atoms with E-state index in [4.69, 9.17) is 4.52 Å². The Morgan fingerprint density at radius 3 is 2.85 bits per heavy atom. The van der Waals surface area contributed by atoms with Crippen LogP contribution >= 0.6 is 0 Å². The maximum Gasteiger partial charge on any atom is 0.233 e. The number of likely N-dealkylation sites (tertiary alicyclic amines) is 1. The third-order valence-electron chi connectivity index (χ3n) is 4.98. The summed E-state index contributed by atoms with van der Waals surface area (Å²) in [4.78, 5) is 26.1. The molecule has 0 unspecified atom stereocenters. The van der Waals surface area contributed by atoms with Crippen LogP contribution in [0.1, 0.15) is 17.4 Å². The Morgan fingerprint density at radius 1 is 1.19 bits per heavy atom. The summed E-state index contributed by atoms with van der Waals surface area (Å²) in [6.07, 6.45) is 5.70. The Labute approximate surface area is 155 Å². The standard InChI is InChI=1S/C20H17N5O2/c26-18(9-14-10-22-17-4-2-1-3-16(14)17)25-11-15(12-25)20-23-19(24-27-20)13-5-7-21-8-6-13/h1-8,10,15,22H,9,11-12H2. The van der Waals surface area contributed by atoms with E-state index in [9.17, 15) is 4.79 Å². The molecule has 0 aliphatic carbocycles. The lowest BCUT2D eigenvalue weighted by Gasteiger charge is -2.37. The molecule has 0 atom stereocenters. The molecule has 1 fully saturated rings. The van der Waals surface area contributed by atoms with Crippen molar-refractivity contribution in [1.82, 2.24) is 25.0 Å². The van der Waals surface area contributed by atoms with Gasteiger partial charge in [-0.1, -0.05) is 23.4 Å². The SMILES string of the molecule is O=C(Cc1c[nH]c2ccccc12)N1CC(c2nc(-c3ccncc3)no2)C1. The van der Waals surface area contributed by atoms with Crippen LogP contribution in [0.4, 0.5) is 0 Å². The molecule has 0 bridgehead atoms. The third-order valence-corrected chi connectivity index (χ3v) is 4.98. The summed E-state index contributed by atoms with van der Waals surface area (Å²) in [6, 6.07) is 11.7. The van der Waals surface area contributed by atoms with Crippen LogP contribution in [0, 0.1) is 0 Å². The molecule has 4 aromatic rings. The van der Waals surface area contributed by atoms with E-state index >= 15 is 0 Å². The van der Waals surface area contributed by atoms with Gasteiger partial charge in [-0.15, -0.1) is 0 Å². The van der Waals surface area contributed by atoms with E-state index in [1.54, 1.807) is 12.4 Å². The largest absolute Gasteiger partial charge is 0.361 e. The number of nitrogens with zero attached hydrogens (tertiary/aromatic N) is 4. The lowest BCUT2D eigenvalue weighted by atomic mass is 9.98. The molecule has 134 valence electrons. The third kappa shape index (κ3) is 2.87. The smallest absolute Gasteiger partial charge is 0.233 e. The minimum absolute atomic E-state index is 0.0972. The van der Waals surface area contributed by atoms with Crippen LogP contribution in [-0.2, 0) is 11.2 Å². The summed E-state index contributed by atoms with van der Waals surface area (Å²) in [7, 11) is 0. The zero-order valence-corrected chi connectivity index (χ0v) is 14.5. The summed E-state index contributed by atoms with van der Waals surface area (Å²) in [5.41, 5.74) is 2.94. The van der Waals surface area contributed by atoms with Crippen molar-refractivity contribution in [2.75, 3.05) is 13.1 Å². The maximum absolute atomic E-state index is 12.6. The highest BCUT2D eigenvalue weighted by molar-refractivity contribution is 5.89. The summed E-state index contributed by atoms with van der Waals surface area (Å²) in [6.45, 7) is 1.22. The average molecular weight is 359 g/mol. The molecule has 5 rings (SSSR count). The first-order chi connectivity index (χ1) is 13.3. The number of aromatic amines is 1. The Balaban J connectivity index is 1.23. The van der Waals surface area contributed by atoms with Gasteiger partial charge in [0, 0.05) is 48.1 Å². The van der Waals surface area contributed by atoms with Crippen LogP contribution in [0.3, 0.4) is 0 Å². The minimum atomic E-state index is 0.0972. The van der Waals surface area contributed by atoms with E-state index in [-0.39, 0.29) is 11.8 Å². The van der Waals surface area contributed by atoms with Crippen LogP contribution in [0.2, 0.25) is 0 Å². The van der Waals surface area contributed by atoms with Crippen molar-refractivity contribution in [3.8, 4) is 11.4 Å². The molecule has 1 aliphatic heterocycles. The minimum Gasteiger partial charge on any atom is -0.361 e. The number of benzene rings is 1. The fraction of sp³-hybridized carbons (Fsp3) is 0.200. The van der Waals surface area contributed by atoms with Gasteiger partial charge in [-0.05, 0) is 23.8 Å². The lowest BCUT2D eigenvalue weighted by Crippen LogP contribution is -2.49. The molecule has 0 spiro atoms. The summed E-state index contributed by atoms with van der Waals surface area (Å²) < 4.78 is 5.39. The van der Waals surface area contributed by atoms with E-state index in [0.717, 1.165) is 22.0 Å². The Hall–Kier alpha value is -3.48. The second kappa shape index (κ2) is 6.35. The molecule has 4 heterocycles. The second-order valence-corrected chi connectivity index (χ2v) is 6.72. The summed E-state index contributed by atoms with van der Waals surface area (Å²) in [5, 5.41) is 5.13. The number of amides is 1. The van der Waals surface area contributed by atoms with Gasteiger partial charge >= 0.3 is 0 Å². The van der Waals surface area contributed by atoms with Crippen molar-refractivity contribution < 1.29 is 9.32 Å². The Kier molecular flexibility index (Phi) is 3.71. The molecule has 0 radical (unpaired) electrons. The lowest BCUT2D eigenvalue weighted by molar-refractivity contribution is -0.135. The van der Waals surface area contributed by atoms with Gasteiger partial charge in [0.05, 0.1) is 12.3 Å². The van der Waals surface area contributed by atoms with E-state index < -0.39 is 0 Å². The van der Waals surface area contributed by atoms with E-state index in [1.165, 1.54) is 0 Å². The van der Waals surface area contributed by atoms with Gasteiger partial charge in [0.2, 0.25) is 17.6 Å². The quantitative estimate of drug-likeness (QED) is 0.605. The number of nitrogens with one attached hydrogen (secondary N) is 1. The van der Waals surface area contributed by atoms with Crippen LogP contribution in [0.5, 0.6) is 0 Å². The van der Waals surface area contributed by atoms with Crippen molar-refractivity contribution in [2.45, 2.75) is 12.3 Å². The van der Waals surface area contributed by atoms with Gasteiger partial charge in [0.15, 0.2) is 0 Å². The molecule has 1 N–H and O–H groups in total.